The van der Waals surface area contributed by atoms with Gasteiger partial charge in [-0.05, 0) is 17.6 Å². The van der Waals surface area contributed by atoms with Crippen molar-refractivity contribution in [2.45, 2.75) is 31.2 Å². The summed E-state index contributed by atoms with van der Waals surface area (Å²) in [6.07, 6.45) is 0.792. The van der Waals surface area contributed by atoms with E-state index >= 15 is 0 Å². The Bertz CT molecular complexity index is 717. The van der Waals surface area contributed by atoms with Crippen molar-refractivity contribution in [3.63, 3.8) is 0 Å². The van der Waals surface area contributed by atoms with E-state index in [4.69, 9.17) is 0 Å². The van der Waals surface area contributed by atoms with Crippen LogP contribution >= 0.6 is 11.8 Å². The Kier molecular flexibility index (Phi) is 4.62. The van der Waals surface area contributed by atoms with Gasteiger partial charge in [0.2, 0.25) is 5.91 Å². The van der Waals surface area contributed by atoms with E-state index in [0.29, 0.717) is 12.2 Å². The maximum atomic E-state index is 12.4. The molecule has 2 amide bonds. The monoisotopic (exact) mass is 346 g/mol. The van der Waals surface area contributed by atoms with Crippen LogP contribution in [0, 0.1) is 0 Å². The van der Waals surface area contributed by atoms with Crippen molar-refractivity contribution in [1.29, 1.82) is 0 Å². The van der Waals surface area contributed by atoms with Crippen molar-refractivity contribution in [3.8, 4) is 0 Å². The van der Waals surface area contributed by atoms with E-state index in [1.807, 2.05) is 37.3 Å². The molecule has 126 valence electrons. The van der Waals surface area contributed by atoms with Crippen LogP contribution in [0.1, 0.15) is 18.9 Å². The van der Waals surface area contributed by atoms with E-state index in [0.717, 1.165) is 11.1 Å². The quantitative estimate of drug-likeness (QED) is 0.787. The lowest BCUT2D eigenvalue weighted by Gasteiger charge is -2.49. The van der Waals surface area contributed by atoms with Crippen LogP contribution in [0.3, 0.4) is 0 Å². The van der Waals surface area contributed by atoms with Crippen LogP contribution < -0.4 is 5.32 Å². The predicted octanol–water partition coefficient (Wildman–Crippen LogP) is 1.38. The average molecular weight is 346 g/mol. The summed E-state index contributed by atoms with van der Waals surface area (Å²) in [5.41, 5.74) is 1.71. The number of benzene rings is 1. The highest BCUT2D eigenvalue weighted by atomic mass is 32.2. The highest BCUT2D eigenvalue weighted by molar-refractivity contribution is 8.00. The molecule has 1 saturated heterocycles. The summed E-state index contributed by atoms with van der Waals surface area (Å²) in [6, 6.07) is 8.63. The van der Waals surface area contributed by atoms with Gasteiger partial charge in [0.1, 0.15) is 17.1 Å². The molecule has 1 aromatic carbocycles. The molecule has 2 heterocycles. The molecule has 0 saturated carbocycles. The third-order valence-electron chi connectivity index (χ3n) is 4.20. The van der Waals surface area contributed by atoms with Crippen molar-refractivity contribution in [2.75, 3.05) is 5.75 Å². The molecule has 2 aliphatic heterocycles. The number of hydrogen-bond donors (Lipinski definition) is 2. The molecule has 0 aromatic heterocycles. The lowest BCUT2D eigenvalue weighted by atomic mass is 10.0. The SMILES string of the molecule is CCC1=C(C(=O)O)N2C(=O)C(NC(=O)Cc3ccccc3)C2SC1. The van der Waals surface area contributed by atoms with Crippen molar-refractivity contribution in [3.05, 3.63) is 47.2 Å². The summed E-state index contributed by atoms with van der Waals surface area (Å²) in [6.45, 7) is 1.88. The van der Waals surface area contributed by atoms with Crippen molar-refractivity contribution in [2.24, 2.45) is 0 Å². The van der Waals surface area contributed by atoms with Crippen LogP contribution in [-0.2, 0) is 20.8 Å². The molecule has 3 rings (SSSR count). The molecule has 1 aromatic rings. The topological polar surface area (TPSA) is 86.7 Å². The number of carbonyl (C=O) groups excluding carboxylic acids is 2. The van der Waals surface area contributed by atoms with Gasteiger partial charge in [0, 0.05) is 5.75 Å². The minimum absolute atomic E-state index is 0.0832. The van der Waals surface area contributed by atoms with Gasteiger partial charge in [0.25, 0.3) is 5.91 Å². The van der Waals surface area contributed by atoms with Crippen LogP contribution in [-0.4, -0.2) is 45.0 Å². The first-order chi connectivity index (χ1) is 11.5. The highest BCUT2D eigenvalue weighted by Gasteiger charge is 2.53. The Balaban J connectivity index is 1.69. The van der Waals surface area contributed by atoms with Crippen LogP contribution in [0.25, 0.3) is 0 Å². The number of hydrogen-bond acceptors (Lipinski definition) is 4. The first kappa shape index (κ1) is 16.6. The number of aliphatic carboxylic acids is 1. The molecule has 6 nitrogen and oxygen atoms in total. The van der Waals surface area contributed by atoms with Crippen LogP contribution in [0.5, 0.6) is 0 Å². The maximum absolute atomic E-state index is 12.4. The summed E-state index contributed by atoms with van der Waals surface area (Å²) in [5.74, 6) is -1.10. The number of nitrogens with one attached hydrogen (secondary N) is 1. The molecule has 2 N–H and O–H groups in total. The second kappa shape index (κ2) is 6.68. The van der Waals surface area contributed by atoms with Crippen LogP contribution in [0.2, 0.25) is 0 Å². The van der Waals surface area contributed by atoms with Gasteiger partial charge in [0.05, 0.1) is 6.42 Å². The zero-order valence-corrected chi connectivity index (χ0v) is 14.0. The Morgan fingerprint density at radius 1 is 1.33 bits per heavy atom. The molecule has 1 fully saturated rings. The van der Waals surface area contributed by atoms with E-state index < -0.39 is 12.0 Å². The Labute approximate surface area is 143 Å². The summed E-state index contributed by atoms with van der Waals surface area (Å²) in [7, 11) is 0. The fourth-order valence-corrected chi connectivity index (χ4v) is 4.41. The number of β-lactam (4-membered cyclic amide) rings is 1. The van der Waals surface area contributed by atoms with Gasteiger partial charge in [-0.2, -0.15) is 0 Å². The molecular formula is C17H18N2O4S. The first-order valence-electron chi connectivity index (χ1n) is 7.76. The van der Waals surface area contributed by atoms with Gasteiger partial charge in [-0.25, -0.2) is 4.79 Å². The maximum Gasteiger partial charge on any atom is 0.352 e. The van der Waals surface area contributed by atoms with Crippen molar-refractivity contribution < 1.29 is 19.5 Å². The van der Waals surface area contributed by atoms with Gasteiger partial charge in [0.15, 0.2) is 0 Å². The Morgan fingerprint density at radius 3 is 2.67 bits per heavy atom. The van der Waals surface area contributed by atoms with Gasteiger partial charge in [-0.1, -0.05) is 37.3 Å². The number of carbonyl (C=O) groups is 3. The van der Waals surface area contributed by atoms with Gasteiger partial charge < -0.3 is 10.4 Å². The van der Waals surface area contributed by atoms with E-state index in [1.54, 1.807) is 0 Å². The van der Waals surface area contributed by atoms with E-state index in [2.05, 4.69) is 5.32 Å². The third-order valence-corrected chi connectivity index (χ3v) is 5.54. The fourth-order valence-electron chi connectivity index (χ4n) is 2.96. The molecular weight excluding hydrogens is 328 g/mol. The standard InChI is InChI=1S/C17H18N2O4S/c1-2-11-9-24-16-13(15(21)19(16)14(11)17(22)23)18-12(20)8-10-6-4-3-5-7-10/h3-7,13,16H,2,8-9H2,1H3,(H,18,20)(H,22,23). The molecule has 0 spiro atoms. The molecule has 2 unspecified atom stereocenters. The second-order valence-corrected chi connectivity index (χ2v) is 6.83. The molecule has 2 atom stereocenters. The molecule has 0 radical (unpaired) electrons. The van der Waals surface area contributed by atoms with Gasteiger partial charge >= 0.3 is 5.97 Å². The summed E-state index contributed by atoms with van der Waals surface area (Å²) in [4.78, 5) is 37.3. The highest BCUT2D eigenvalue weighted by Crippen LogP contribution is 2.41. The number of fused-ring (bicyclic) bond motifs is 1. The molecule has 7 heteroatoms. The molecule has 24 heavy (non-hydrogen) atoms. The zero-order valence-electron chi connectivity index (χ0n) is 13.2. The fraction of sp³-hybridized carbons (Fsp3) is 0.353. The number of carboxylic acids is 1. The minimum Gasteiger partial charge on any atom is -0.477 e. The van der Waals surface area contributed by atoms with Gasteiger partial charge in [-0.3, -0.25) is 14.5 Å². The lowest BCUT2D eigenvalue weighted by molar-refractivity contribution is -0.150. The number of rotatable bonds is 5. The lowest BCUT2D eigenvalue weighted by Crippen LogP contribution is -2.70. The van der Waals surface area contributed by atoms with E-state index in [1.165, 1.54) is 16.7 Å². The number of amides is 2. The first-order valence-corrected chi connectivity index (χ1v) is 8.81. The Hall–Kier alpha value is -2.28. The summed E-state index contributed by atoms with van der Waals surface area (Å²) < 4.78 is 0. The van der Waals surface area contributed by atoms with Crippen molar-refractivity contribution >= 4 is 29.5 Å². The summed E-state index contributed by atoms with van der Waals surface area (Å²) >= 11 is 1.50. The predicted molar refractivity (Wildman–Crippen MR) is 90.1 cm³/mol. The molecule has 0 aliphatic carbocycles. The number of nitrogens with zero attached hydrogens (tertiary/aromatic N) is 1. The van der Waals surface area contributed by atoms with Crippen molar-refractivity contribution in [1.82, 2.24) is 10.2 Å². The second-order valence-electron chi connectivity index (χ2n) is 5.73. The Morgan fingerprint density at radius 2 is 2.04 bits per heavy atom. The molecule has 2 aliphatic rings. The number of thioether (sulfide) groups is 1. The number of carboxylic acid groups (broad SMARTS) is 1. The van der Waals surface area contributed by atoms with Gasteiger partial charge in [-0.15, -0.1) is 11.8 Å². The average Bonchev–Trinajstić information content (AvgIpc) is 2.58. The van der Waals surface area contributed by atoms with Crippen LogP contribution in [0.4, 0.5) is 0 Å². The third kappa shape index (κ3) is 2.91. The normalized spacial score (nSPS) is 22.7. The molecule has 0 bridgehead atoms. The van der Waals surface area contributed by atoms with Crippen LogP contribution in [0.15, 0.2) is 41.6 Å². The summed E-state index contributed by atoms with van der Waals surface area (Å²) in [5, 5.41) is 11.8. The van der Waals surface area contributed by atoms with E-state index in [9.17, 15) is 19.5 Å². The smallest absolute Gasteiger partial charge is 0.352 e. The largest absolute Gasteiger partial charge is 0.477 e. The zero-order chi connectivity index (χ0) is 17.3. The van der Waals surface area contributed by atoms with E-state index in [-0.39, 0.29) is 29.3 Å². The minimum atomic E-state index is -1.08.